The molecule has 178 valence electrons. The summed E-state index contributed by atoms with van der Waals surface area (Å²) >= 11 is 0. The summed E-state index contributed by atoms with van der Waals surface area (Å²) in [6, 6.07) is 23.4. The largest absolute Gasteiger partial charge is 0.514 e. The molecule has 8 rings (SSSR count). The zero-order valence-corrected chi connectivity index (χ0v) is 21.1. The van der Waals surface area contributed by atoms with Crippen molar-refractivity contribution in [3.8, 4) is 10.6 Å². The average Bonchev–Trinajstić information content (AvgIpc) is 3.17. The Hall–Kier alpha value is -2.85. The van der Waals surface area contributed by atoms with Crippen LogP contribution in [0.2, 0.25) is 0 Å². The first-order valence-electron chi connectivity index (χ1n) is 12.9. The topological polar surface area (TPSA) is 35.5 Å². The van der Waals surface area contributed by atoms with Gasteiger partial charge in [-0.05, 0) is 106 Å². The fourth-order valence-corrected chi connectivity index (χ4v) is 10.1. The first-order chi connectivity index (χ1) is 17.0. The molecule has 1 aromatic heterocycles. The van der Waals surface area contributed by atoms with Crippen molar-refractivity contribution >= 4 is 36.8 Å². The van der Waals surface area contributed by atoms with E-state index in [-0.39, 0.29) is 16.1 Å². The van der Waals surface area contributed by atoms with Crippen LogP contribution in [0.5, 0.6) is 5.75 Å². The van der Waals surface area contributed by atoms with Crippen molar-refractivity contribution in [2.75, 3.05) is 0 Å². The van der Waals surface area contributed by atoms with Crippen molar-refractivity contribution < 1.29 is 14.3 Å². The van der Waals surface area contributed by atoms with Crippen LogP contribution in [0.25, 0.3) is 25.1 Å². The van der Waals surface area contributed by atoms with Crippen LogP contribution in [0.15, 0.2) is 66.7 Å². The minimum Gasteiger partial charge on any atom is -0.427 e. The molecule has 0 amide bonds. The lowest BCUT2D eigenvalue weighted by Crippen LogP contribution is -2.58. The Morgan fingerprint density at radius 3 is 1.97 bits per heavy atom. The van der Waals surface area contributed by atoms with Gasteiger partial charge in [-0.2, -0.15) is 0 Å². The Bertz CT molecular complexity index is 1380. The van der Waals surface area contributed by atoms with E-state index in [1.54, 1.807) is 0 Å². The van der Waals surface area contributed by atoms with Crippen LogP contribution in [0.3, 0.4) is 0 Å². The van der Waals surface area contributed by atoms with Crippen molar-refractivity contribution in [3.05, 3.63) is 72.3 Å². The molecule has 4 heteroatoms. The van der Waals surface area contributed by atoms with Gasteiger partial charge in [-0.15, -0.1) is 0 Å². The summed E-state index contributed by atoms with van der Waals surface area (Å²) in [6.07, 6.45) is 5.65. The SMILES string of the molecule is Cc1cc(OC(=O)OC2(C)C3CC4CC(C3)CC2C4)ccc1-[s+]1c2ccccc2c2ccccc21. The zero-order chi connectivity index (χ0) is 23.7. The molecule has 3 aromatic carbocycles. The minimum atomic E-state index is -0.550. The molecule has 4 saturated carbocycles. The number of hydrogen-bond acceptors (Lipinski definition) is 3. The maximum absolute atomic E-state index is 12.9. The summed E-state index contributed by atoms with van der Waals surface area (Å²) in [4.78, 5) is 14.2. The number of rotatable bonds is 3. The fraction of sp³-hybridized carbons (Fsp3) is 0.387. The van der Waals surface area contributed by atoms with Gasteiger partial charge in [0.15, 0.2) is 14.3 Å². The molecule has 4 bridgehead atoms. The smallest absolute Gasteiger partial charge is 0.427 e. The Morgan fingerprint density at radius 1 is 0.829 bits per heavy atom. The second kappa shape index (κ2) is 7.83. The van der Waals surface area contributed by atoms with Crippen LogP contribution in [-0.4, -0.2) is 11.8 Å². The summed E-state index contributed by atoms with van der Waals surface area (Å²) in [7, 11) is -0.160. The monoisotopic (exact) mass is 483 g/mol. The van der Waals surface area contributed by atoms with Gasteiger partial charge >= 0.3 is 6.16 Å². The number of thiophene rings is 1. The highest BCUT2D eigenvalue weighted by atomic mass is 32.2. The predicted octanol–water partition coefficient (Wildman–Crippen LogP) is 8.77. The van der Waals surface area contributed by atoms with E-state index < -0.39 is 6.16 Å². The molecule has 35 heavy (non-hydrogen) atoms. The van der Waals surface area contributed by atoms with Crippen molar-refractivity contribution in [1.82, 2.24) is 0 Å². The van der Waals surface area contributed by atoms with Crippen LogP contribution in [-0.2, 0) is 4.74 Å². The number of ether oxygens (including phenoxy) is 2. The Balaban J connectivity index is 1.16. The molecule has 4 aliphatic carbocycles. The van der Waals surface area contributed by atoms with E-state index in [1.165, 1.54) is 57.2 Å². The van der Waals surface area contributed by atoms with Gasteiger partial charge in [0.1, 0.15) is 11.4 Å². The Morgan fingerprint density at radius 2 is 1.40 bits per heavy atom. The molecule has 4 aromatic rings. The summed E-state index contributed by atoms with van der Waals surface area (Å²) in [5.74, 6) is 3.21. The van der Waals surface area contributed by atoms with Crippen molar-refractivity contribution in [1.29, 1.82) is 0 Å². The fourth-order valence-electron chi connectivity index (χ4n) is 7.59. The molecular formula is C31H31O3S+. The number of fused-ring (bicyclic) bond motifs is 3. The quantitative estimate of drug-likeness (QED) is 0.166. The maximum atomic E-state index is 12.9. The molecule has 4 fully saturated rings. The molecule has 0 N–H and O–H groups in total. The number of benzene rings is 3. The highest BCUT2D eigenvalue weighted by Crippen LogP contribution is 2.59. The highest BCUT2D eigenvalue weighted by molar-refractivity contribution is 7.50. The average molecular weight is 484 g/mol. The third-order valence-corrected chi connectivity index (χ3v) is 11.6. The second-order valence-corrected chi connectivity index (χ2v) is 13.1. The molecule has 0 spiro atoms. The maximum Gasteiger partial charge on any atom is 0.514 e. The van der Waals surface area contributed by atoms with Crippen LogP contribution in [0, 0.1) is 30.6 Å². The third-order valence-electron chi connectivity index (χ3n) is 9.13. The van der Waals surface area contributed by atoms with Crippen molar-refractivity contribution in [2.24, 2.45) is 23.7 Å². The first kappa shape index (κ1) is 21.4. The van der Waals surface area contributed by atoms with E-state index in [1.807, 2.05) is 12.1 Å². The molecule has 0 aliphatic heterocycles. The molecule has 4 aliphatic rings. The normalized spacial score (nSPS) is 29.1. The Kier molecular flexibility index (Phi) is 4.79. The molecule has 0 radical (unpaired) electrons. The van der Waals surface area contributed by atoms with Gasteiger partial charge in [-0.25, -0.2) is 4.79 Å². The predicted molar refractivity (Wildman–Crippen MR) is 143 cm³/mol. The minimum absolute atomic E-state index is 0.160. The van der Waals surface area contributed by atoms with Gasteiger partial charge < -0.3 is 9.47 Å². The molecule has 0 unspecified atom stereocenters. The van der Waals surface area contributed by atoms with Gasteiger partial charge in [-0.3, -0.25) is 0 Å². The van der Waals surface area contributed by atoms with E-state index in [0.717, 1.165) is 17.4 Å². The molecule has 1 heterocycles. The molecule has 0 atom stereocenters. The number of aryl methyl sites for hydroxylation is 1. The van der Waals surface area contributed by atoms with Crippen molar-refractivity contribution in [2.45, 2.75) is 51.6 Å². The summed E-state index contributed by atoms with van der Waals surface area (Å²) in [5, 5.41) is 2.64. The van der Waals surface area contributed by atoms with Crippen molar-refractivity contribution in [3.63, 3.8) is 0 Å². The summed E-state index contributed by atoms with van der Waals surface area (Å²) in [6.45, 7) is 4.27. The lowest BCUT2D eigenvalue weighted by molar-refractivity contribution is -0.169. The van der Waals surface area contributed by atoms with Crippen LogP contribution in [0.4, 0.5) is 4.79 Å². The van der Waals surface area contributed by atoms with Crippen LogP contribution < -0.4 is 4.74 Å². The van der Waals surface area contributed by atoms with E-state index in [9.17, 15) is 4.79 Å². The molecular weight excluding hydrogens is 452 g/mol. The second-order valence-electron chi connectivity index (χ2n) is 11.2. The number of carbonyl (C=O) groups excluding carboxylic acids is 1. The molecule has 0 saturated heterocycles. The zero-order valence-electron chi connectivity index (χ0n) is 20.3. The highest BCUT2D eigenvalue weighted by Gasteiger charge is 2.57. The first-order valence-corrected chi connectivity index (χ1v) is 14.2. The van der Waals surface area contributed by atoms with Crippen LogP contribution >= 0.6 is 10.5 Å². The van der Waals surface area contributed by atoms with Gasteiger partial charge in [0.25, 0.3) is 0 Å². The van der Waals surface area contributed by atoms with Gasteiger partial charge in [-0.1, -0.05) is 24.3 Å². The van der Waals surface area contributed by atoms with E-state index in [2.05, 4.69) is 68.4 Å². The van der Waals surface area contributed by atoms with Crippen LogP contribution in [0.1, 0.15) is 44.6 Å². The number of carbonyl (C=O) groups is 1. The number of hydrogen-bond donors (Lipinski definition) is 0. The van der Waals surface area contributed by atoms with E-state index >= 15 is 0 Å². The summed E-state index contributed by atoms with van der Waals surface area (Å²) in [5.41, 5.74) is 0.754. The van der Waals surface area contributed by atoms with Gasteiger partial charge in [0.2, 0.25) is 0 Å². The summed E-state index contributed by atoms with van der Waals surface area (Å²) < 4.78 is 14.6. The molecule has 3 nitrogen and oxygen atoms in total. The van der Waals surface area contributed by atoms with Gasteiger partial charge in [0, 0.05) is 32.9 Å². The van der Waals surface area contributed by atoms with Gasteiger partial charge in [0.05, 0.1) is 0 Å². The van der Waals surface area contributed by atoms with E-state index in [4.69, 9.17) is 9.47 Å². The van der Waals surface area contributed by atoms with E-state index in [0.29, 0.717) is 17.6 Å². The lowest BCUT2D eigenvalue weighted by atomic mass is 9.50. The third kappa shape index (κ3) is 3.33. The standard InChI is InChI=1S/C31H31O3S/c1-19-13-24(33-30(32)34-31(2)22-15-20-14-21(17-22)18-23(31)16-20)11-12-27(19)35-28-9-5-3-7-25(28)26-8-4-6-10-29(26)35/h3-13,20-23H,14-18H2,1-2H3/q+1. The Labute approximate surface area is 209 Å². The lowest BCUT2D eigenvalue weighted by Gasteiger charge is -2.58.